The van der Waals surface area contributed by atoms with E-state index in [0.29, 0.717) is 41.0 Å². The van der Waals surface area contributed by atoms with Gasteiger partial charge in [-0.25, -0.2) is 9.69 Å². The molecule has 0 aromatic heterocycles. The summed E-state index contributed by atoms with van der Waals surface area (Å²) in [5.41, 5.74) is 2.78. The van der Waals surface area contributed by atoms with Gasteiger partial charge >= 0.3 is 6.03 Å². The largest absolute Gasteiger partial charge is 0.494 e. The Bertz CT molecular complexity index is 1330. The molecule has 1 heterocycles. The molecule has 1 aliphatic heterocycles. The number of ether oxygens (including phenoxy) is 2. The number of anilines is 1. The lowest BCUT2D eigenvalue weighted by molar-refractivity contribution is -0.122. The van der Waals surface area contributed by atoms with Crippen molar-refractivity contribution in [3.63, 3.8) is 0 Å². The minimum atomic E-state index is -0.817. The second kappa shape index (κ2) is 11.1. The zero-order valence-corrected chi connectivity index (χ0v) is 20.7. The van der Waals surface area contributed by atoms with E-state index in [1.54, 1.807) is 42.5 Å². The van der Waals surface area contributed by atoms with Gasteiger partial charge in [-0.3, -0.25) is 14.9 Å². The number of aryl methyl sites for hydroxylation is 1. The van der Waals surface area contributed by atoms with Crippen molar-refractivity contribution >= 4 is 41.2 Å². The molecule has 0 unspecified atom stereocenters. The molecule has 7 nitrogen and oxygen atoms in total. The van der Waals surface area contributed by atoms with Gasteiger partial charge in [-0.1, -0.05) is 54.4 Å². The number of carbonyl (C=O) groups is 3. The smallest absolute Gasteiger partial charge is 0.335 e. The van der Waals surface area contributed by atoms with Gasteiger partial charge in [0.05, 0.1) is 17.3 Å². The van der Waals surface area contributed by atoms with E-state index in [2.05, 4.69) is 5.32 Å². The first-order chi connectivity index (χ1) is 17.4. The Labute approximate surface area is 214 Å². The Morgan fingerprint density at radius 2 is 1.75 bits per heavy atom. The first-order valence-corrected chi connectivity index (χ1v) is 11.9. The van der Waals surface area contributed by atoms with Crippen LogP contribution in [0, 0.1) is 6.92 Å². The molecule has 4 rings (SSSR count). The number of nitrogens with one attached hydrogen (secondary N) is 1. The molecule has 0 radical (unpaired) electrons. The summed E-state index contributed by atoms with van der Waals surface area (Å²) in [7, 11) is 0. The summed E-state index contributed by atoms with van der Waals surface area (Å²) in [4.78, 5) is 39.0. The number of halogens is 1. The van der Waals surface area contributed by atoms with Gasteiger partial charge in [0, 0.05) is 0 Å². The van der Waals surface area contributed by atoms with Crippen LogP contribution in [-0.4, -0.2) is 24.5 Å². The molecular formula is C28H25ClN2O5. The second-order valence-corrected chi connectivity index (χ2v) is 8.68. The topological polar surface area (TPSA) is 84.9 Å². The third-order valence-corrected chi connectivity index (χ3v) is 5.71. The number of hydrogen-bond donors (Lipinski definition) is 1. The van der Waals surface area contributed by atoms with Gasteiger partial charge in [0.25, 0.3) is 11.8 Å². The van der Waals surface area contributed by atoms with E-state index >= 15 is 0 Å². The molecule has 3 aromatic rings. The second-order valence-electron chi connectivity index (χ2n) is 8.27. The molecule has 0 bridgehead atoms. The molecule has 4 amide bonds. The van der Waals surface area contributed by atoms with Crippen LogP contribution in [0.5, 0.6) is 11.5 Å². The third kappa shape index (κ3) is 5.75. The maximum atomic E-state index is 13.1. The van der Waals surface area contributed by atoms with Gasteiger partial charge < -0.3 is 9.47 Å². The van der Waals surface area contributed by atoms with E-state index in [1.165, 1.54) is 6.08 Å². The van der Waals surface area contributed by atoms with Crippen molar-refractivity contribution in [2.75, 3.05) is 11.5 Å². The van der Waals surface area contributed by atoms with E-state index < -0.39 is 17.8 Å². The maximum absolute atomic E-state index is 13.1. The number of imide groups is 2. The normalized spacial score (nSPS) is 14.7. The fourth-order valence-corrected chi connectivity index (χ4v) is 3.90. The Hall–Kier alpha value is -4.10. The van der Waals surface area contributed by atoms with Gasteiger partial charge in [0.1, 0.15) is 23.7 Å². The molecule has 36 heavy (non-hydrogen) atoms. The standard InChI is InChI=1S/C28H25ClN2O5/c1-3-13-35-22-10-8-21(9-11-22)31-27(33)23(26(32)30-28(31)34)15-19-7-12-25(24(29)16-19)36-17-20-6-4-5-18(2)14-20/h4-12,14-16H,3,13,17H2,1-2H3,(H,30,32,34)/b23-15-. The number of amides is 4. The molecule has 1 aliphatic rings. The van der Waals surface area contributed by atoms with Crippen LogP contribution in [0.2, 0.25) is 5.02 Å². The molecule has 184 valence electrons. The summed E-state index contributed by atoms with van der Waals surface area (Å²) in [5.74, 6) is -0.416. The number of barbiturate groups is 1. The third-order valence-electron chi connectivity index (χ3n) is 5.41. The van der Waals surface area contributed by atoms with Crippen molar-refractivity contribution in [3.05, 3.63) is 94.0 Å². The first kappa shape index (κ1) is 25.0. The van der Waals surface area contributed by atoms with Crippen molar-refractivity contribution in [1.29, 1.82) is 0 Å². The van der Waals surface area contributed by atoms with Crippen LogP contribution in [0.4, 0.5) is 10.5 Å². The van der Waals surface area contributed by atoms with Crippen LogP contribution in [0.25, 0.3) is 6.08 Å². The minimum absolute atomic E-state index is 0.189. The van der Waals surface area contributed by atoms with Gasteiger partial charge in [0.15, 0.2) is 0 Å². The molecule has 0 atom stereocenters. The predicted octanol–water partition coefficient (Wildman–Crippen LogP) is 5.68. The lowest BCUT2D eigenvalue weighted by Gasteiger charge is -2.26. The van der Waals surface area contributed by atoms with E-state index in [4.69, 9.17) is 21.1 Å². The molecule has 0 aliphatic carbocycles. The highest BCUT2D eigenvalue weighted by molar-refractivity contribution is 6.39. The number of carbonyl (C=O) groups excluding carboxylic acids is 3. The summed E-state index contributed by atoms with van der Waals surface area (Å²) in [5, 5.41) is 2.55. The number of nitrogens with zero attached hydrogens (tertiary/aromatic N) is 1. The number of hydrogen-bond acceptors (Lipinski definition) is 5. The molecule has 8 heteroatoms. The van der Waals surface area contributed by atoms with E-state index in [-0.39, 0.29) is 5.57 Å². The molecule has 3 aromatic carbocycles. The van der Waals surface area contributed by atoms with Crippen molar-refractivity contribution in [3.8, 4) is 11.5 Å². The summed E-state index contributed by atoms with van der Waals surface area (Å²) in [6, 6.07) is 18.6. The van der Waals surface area contributed by atoms with Gasteiger partial charge in [-0.15, -0.1) is 0 Å². The summed E-state index contributed by atoms with van der Waals surface area (Å²) in [6.45, 7) is 4.91. The van der Waals surface area contributed by atoms with Gasteiger partial charge in [-0.05, 0) is 66.9 Å². The fourth-order valence-electron chi connectivity index (χ4n) is 3.66. The Balaban J connectivity index is 1.52. The van der Waals surface area contributed by atoms with E-state index in [9.17, 15) is 14.4 Å². The fraction of sp³-hybridized carbons (Fsp3) is 0.179. The van der Waals surface area contributed by atoms with Crippen molar-refractivity contribution < 1.29 is 23.9 Å². The monoisotopic (exact) mass is 504 g/mol. The number of urea groups is 1. The molecule has 0 spiro atoms. The lowest BCUT2D eigenvalue weighted by Crippen LogP contribution is -2.54. The zero-order chi connectivity index (χ0) is 25.7. The Morgan fingerprint density at radius 1 is 0.972 bits per heavy atom. The predicted molar refractivity (Wildman–Crippen MR) is 138 cm³/mol. The average molecular weight is 505 g/mol. The van der Waals surface area contributed by atoms with Crippen molar-refractivity contribution in [1.82, 2.24) is 5.32 Å². The highest BCUT2D eigenvalue weighted by Crippen LogP contribution is 2.29. The van der Waals surface area contributed by atoms with Crippen LogP contribution in [0.3, 0.4) is 0 Å². The highest BCUT2D eigenvalue weighted by atomic mass is 35.5. The van der Waals surface area contributed by atoms with Crippen molar-refractivity contribution in [2.45, 2.75) is 26.9 Å². The molecular weight excluding hydrogens is 480 g/mol. The van der Waals surface area contributed by atoms with E-state index in [1.807, 2.05) is 38.1 Å². The number of rotatable bonds is 8. The zero-order valence-electron chi connectivity index (χ0n) is 19.9. The Morgan fingerprint density at radius 3 is 2.44 bits per heavy atom. The summed E-state index contributed by atoms with van der Waals surface area (Å²) in [6.07, 6.45) is 2.25. The summed E-state index contributed by atoms with van der Waals surface area (Å²) >= 11 is 6.40. The van der Waals surface area contributed by atoms with Crippen LogP contribution in [0.15, 0.2) is 72.3 Å². The van der Waals surface area contributed by atoms with Gasteiger partial charge in [-0.2, -0.15) is 0 Å². The van der Waals surface area contributed by atoms with Crippen LogP contribution in [0.1, 0.15) is 30.0 Å². The highest BCUT2D eigenvalue weighted by Gasteiger charge is 2.36. The molecule has 1 N–H and O–H groups in total. The Kier molecular flexibility index (Phi) is 7.71. The maximum Gasteiger partial charge on any atom is 0.335 e. The summed E-state index contributed by atoms with van der Waals surface area (Å²) < 4.78 is 11.4. The quantitative estimate of drug-likeness (QED) is 0.315. The average Bonchev–Trinajstić information content (AvgIpc) is 2.85. The SMILES string of the molecule is CCCOc1ccc(N2C(=O)NC(=O)/C(=C/c3ccc(OCc4cccc(C)c4)c(Cl)c3)C2=O)cc1. The first-order valence-electron chi connectivity index (χ1n) is 11.5. The van der Waals surface area contributed by atoms with Crippen molar-refractivity contribution in [2.24, 2.45) is 0 Å². The van der Waals surface area contributed by atoms with E-state index in [0.717, 1.165) is 22.4 Å². The van der Waals surface area contributed by atoms with Gasteiger partial charge in [0.2, 0.25) is 0 Å². The van der Waals surface area contributed by atoms with Crippen LogP contribution < -0.4 is 19.7 Å². The minimum Gasteiger partial charge on any atom is -0.494 e. The molecule has 0 saturated carbocycles. The van der Waals surface area contributed by atoms with Crippen LogP contribution in [-0.2, 0) is 16.2 Å². The molecule has 1 fully saturated rings. The van der Waals surface area contributed by atoms with Crippen LogP contribution >= 0.6 is 11.6 Å². The molecule has 1 saturated heterocycles. The number of benzene rings is 3. The lowest BCUT2D eigenvalue weighted by atomic mass is 10.1.